The van der Waals surface area contributed by atoms with Gasteiger partial charge in [-0.25, -0.2) is 0 Å². The highest BCUT2D eigenvalue weighted by Gasteiger charge is 2.77. The van der Waals surface area contributed by atoms with Crippen molar-refractivity contribution in [3.05, 3.63) is 0 Å². The van der Waals surface area contributed by atoms with E-state index in [0.717, 1.165) is 0 Å². The lowest BCUT2D eigenvalue weighted by atomic mass is 9.42. The van der Waals surface area contributed by atoms with Crippen LogP contribution in [0.4, 0.5) is 0 Å². The van der Waals surface area contributed by atoms with Gasteiger partial charge >= 0.3 is 23.9 Å². The number of rotatable bonds is 10. The molecule has 0 aromatic rings. The average molecular weight is 641 g/mol. The summed E-state index contributed by atoms with van der Waals surface area (Å²) < 4.78 is 40.6. The van der Waals surface area contributed by atoms with Crippen LogP contribution in [-0.2, 0) is 52.3 Å². The number of epoxide rings is 1. The van der Waals surface area contributed by atoms with Gasteiger partial charge in [-0.3, -0.25) is 19.2 Å². The number of aliphatic hydroxyl groups is 2. The fourth-order valence-electron chi connectivity index (χ4n) is 8.91. The van der Waals surface area contributed by atoms with Gasteiger partial charge in [-0.2, -0.15) is 0 Å². The van der Waals surface area contributed by atoms with Crippen LogP contribution in [0.3, 0.4) is 0 Å². The molecule has 3 aliphatic heterocycles. The highest BCUT2D eigenvalue weighted by molar-refractivity contribution is 5.73. The first-order chi connectivity index (χ1) is 21.1. The number of ether oxygens (including phenoxy) is 7. The Hall–Kier alpha value is -2.32. The second kappa shape index (κ2) is 12.7. The minimum atomic E-state index is -0.977. The van der Waals surface area contributed by atoms with Gasteiger partial charge in [0.1, 0.15) is 30.5 Å². The molecule has 0 aromatic carbocycles. The van der Waals surface area contributed by atoms with Crippen molar-refractivity contribution in [2.24, 2.45) is 28.6 Å². The predicted molar refractivity (Wildman–Crippen MR) is 153 cm³/mol. The second-order valence-corrected chi connectivity index (χ2v) is 14.2. The molecule has 0 aromatic heterocycles. The third kappa shape index (κ3) is 6.47. The summed E-state index contributed by atoms with van der Waals surface area (Å²) >= 11 is 0. The van der Waals surface area contributed by atoms with E-state index in [1.54, 1.807) is 13.8 Å². The number of aliphatic hydroxyl groups excluding tert-OH is 2. The van der Waals surface area contributed by atoms with E-state index >= 15 is 0 Å². The highest BCUT2D eigenvalue weighted by atomic mass is 16.7. The lowest BCUT2D eigenvalue weighted by molar-refractivity contribution is -0.271. The quantitative estimate of drug-likeness (QED) is 0.202. The Morgan fingerprint density at radius 3 is 2.20 bits per heavy atom. The van der Waals surface area contributed by atoms with Crippen molar-refractivity contribution in [3.63, 3.8) is 0 Å². The largest absolute Gasteiger partial charge is 0.465 e. The smallest absolute Gasteiger partial charge is 0.309 e. The fourth-order valence-corrected chi connectivity index (χ4v) is 8.91. The molecule has 5 fully saturated rings. The molecule has 0 bridgehead atoms. The van der Waals surface area contributed by atoms with Gasteiger partial charge in [0.05, 0.1) is 37.1 Å². The van der Waals surface area contributed by atoms with E-state index in [4.69, 9.17) is 33.2 Å². The molecule has 2 aliphatic carbocycles. The van der Waals surface area contributed by atoms with Crippen molar-refractivity contribution < 1.29 is 62.5 Å². The summed E-state index contributed by atoms with van der Waals surface area (Å²) in [5, 5.41) is 21.2. The Bertz CT molecular complexity index is 1140. The molecule has 1 spiro atoms. The number of fused-ring (bicyclic) bond motifs is 3. The number of hydrogen-bond donors (Lipinski definition) is 2. The lowest BCUT2D eigenvalue weighted by Crippen LogP contribution is -2.70. The van der Waals surface area contributed by atoms with Gasteiger partial charge in [0.2, 0.25) is 0 Å². The van der Waals surface area contributed by atoms with Gasteiger partial charge in [-0.05, 0) is 44.9 Å². The van der Waals surface area contributed by atoms with Crippen molar-refractivity contribution in [1.29, 1.82) is 0 Å². The molecule has 254 valence electrons. The zero-order chi connectivity index (χ0) is 32.9. The maximum atomic E-state index is 13.2. The molecule has 3 saturated heterocycles. The number of carbonyl (C=O) groups is 4. The third-order valence-electron chi connectivity index (χ3n) is 11.1. The van der Waals surface area contributed by atoms with Gasteiger partial charge in [0.25, 0.3) is 0 Å². The van der Waals surface area contributed by atoms with Gasteiger partial charge in [0, 0.05) is 38.0 Å². The monoisotopic (exact) mass is 640 g/mol. The Morgan fingerprint density at radius 1 is 0.911 bits per heavy atom. The van der Waals surface area contributed by atoms with Crippen LogP contribution in [0.5, 0.6) is 0 Å². The molecular weight excluding hydrogens is 592 g/mol. The molecule has 2 N–H and O–H groups in total. The van der Waals surface area contributed by atoms with Crippen LogP contribution in [-0.4, -0.2) is 96.0 Å². The van der Waals surface area contributed by atoms with E-state index in [-0.39, 0.29) is 43.3 Å². The molecule has 13 heteroatoms. The van der Waals surface area contributed by atoms with E-state index < -0.39 is 77.3 Å². The first kappa shape index (κ1) is 34.0. The van der Waals surface area contributed by atoms with Crippen molar-refractivity contribution >= 4 is 23.9 Å². The predicted octanol–water partition coefficient (Wildman–Crippen LogP) is 2.17. The summed E-state index contributed by atoms with van der Waals surface area (Å²) in [6.45, 7) is 10.2. The van der Waals surface area contributed by atoms with Crippen LogP contribution in [0.2, 0.25) is 0 Å². The van der Waals surface area contributed by atoms with Gasteiger partial charge < -0.3 is 43.4 Å². The molecule has 3 heterocycles. The molecule has 2 saturated carbocycles. The van der Waals surface area contributed by atoms with Crippen LogP contribution in [0.25, 0.3) is 0 Å². The molecule has 0 radical (unpaired) electrons. The molecule has 0 amide bonds. The molecule has 5 rings (SSSR count). The number of carbonyl (C=O) groups excluding carboxylic acids is 4. The summed E-state index contributed by atoms with van der Waals surface area (Å²) in [4.78, 5) is 49.2. The van der Waals surface area contributed by atoms with Gasteiger partial charge in [0.15, 0.2) is 12.6 Å². The molecule has 13 nitrogen and oxygen atoms in total. The summed E-state index contributed by atoms with van der Waals surface area (Å²) in [5.41, 5.74) is -2.40. The fraction of sp³-hybridized carbons (Fsp3) is 0.875. The molecular formula is C32H48O13. The van der Waals surface area contributed by atoms with Crippen molar-refractivity contribution in [2.75, 3.05) is 13.2 Å². The van der Waals surface area contributed by atoms with Gasteiger partial charge in [-0.1, -0.05) is 13.8 Å². The Kier molecular flexibility index (Phi) is 9.61. The van der Waals surface area contributed by atoms with Crippen molar-refractivity contribution in [1.82, 2.24) is 0 Å². The van der Waals surface area contributed by atoms with E-state index in [1.807, 2.05) is 0 Å². The first-order valence-corrected chi connectivity index (χ1v) is 16.1. The third-order valence-corrected chi connectivity index (χ3v) is 11.1. The molecule has 5 aliphatic rings. The van der Waals surface area contributed by atoms with E-state index in [1.165, 1.54) is 13.8 Å². The number of esters is 4. The van der Waals surface area contributed by atoms with E-state index in [2.05, 4.69) is 13.8 Å². The van der Waals surface area contributed by atoms with Crippen molar-refractivity contribution in [3.8, 4) is 0 Å². The standard InChI is InChI=1S/C32H48O13/c1-16-7-25(43-20(5)34)32(15-39-26(36)8-18(3)42-27(37)9-17(2)41-19(4)33)23(12-22(35)13-31(32)14-40-31)30(16,6)24-10-21-11-28(38)45-29(21)44-24/h16-18,21-25,28-29,35,38H,7-15H2,1-6H3. The maximum Gasteiger partial charge on any atom is 0.309 e. The second-order valence-electron chi connectivity index (χ2n) is 14.2. The Morgan fingerprint density at radius 2 is 1.58 bits per heavy atom. The molecule has 45 heavy (non-hydrogen) atoms. The summed E-state index contributed by atoms with van der Waals surface area (Å²) in [6.07, 6.45) is -2.53. The lowest BCUT2D eigenvalue weighted by Gasteiger charge is -2.64. The minimum absolute atomic E-state index is 0.0145. The Labute approximate surface area is 263 Å². The summed E-state index contributed by atoms with van der Waals surface area (Å²) in [5.74, 6) is -2.49. The summed E-state index contributed by atoms with van der Waals surface area (Å²) in [7, 11) is 0. The van der Waals surface area contributed by atoms with Crippen LogP contribution < -0.4 is 0 Å². The van der Waals surface area contributed by atoms with Gasteiger partial charge in [-0.15, -0.1) is 0 Å². The van der Waals surface area contributed by atoms with Crippen molar-refractivity contribution in [2.45, 2.75) is 135 Å². The summed E-state index contributed by atoms with van der Waals surface area (Å²) in [6, 6.07) is 0. The SMILES string of the molecule is CC(=O)OC(C)CC(=O)OC(C)CC(=O)OCC12C(OC(C)=O)CC(C)C(C)(C3CC4CC(O)OC4O3)C1CC(O)CC21CO1. The molecule has 13 atom stereocenters. The topological polar surface area (TPSA) is 177 Å². The van der Waals surface area contributed by atoms with Crippen LogP contribution in [0.15, 0.2) is 0 Å². The average Bonchev–Trinajstić information content (AvgIpc) is 3.42. The first-order valence-electron chi connectivity index (χ1n) is 16.1. The normalized spacial score (nSPS) is 43.0. The Balaban J connectivity index is 1.37. The zero-order valence-electron chi connectivity index (χ0n) is 27.0. The van der Waals surface area contributed by atoms with Crippen LogP contribution in [0, 0.1) is 28.6 Å². The minimum Gasteiger partial charge on any atom is -0.465 e. The highest BCUT2D eigenvalue weighted by Crippen LogP contribution is 2.70. The number of hydrogen-bond acceptors (Lipinski definition) is 13. The molecule has 13 unspecified atom stereocenters. The van der Waals surface area contributed by atoms with E-state index in [9.17, 15) is 29.4 Å². The maximum absolute atomic E-state index is 13.2. The van der Waals surface area contributed by atoms with Crippen LogP contribution >= 0.6 is 0 Å². The van der Waals surface area contributed by atoms with E-state index in [0.29, 0.717) is 38.7 Å². The zero-order valence-corrected chi connectivity index (χ0v) is 27.0. The van der Waals surface area contributed by atoms with Crippen LogP contribution in [0.1, 0.15) is 86.5 Å².